The Balaban J connectivity index is 1.75. The lowest BCUT2D eigenvalue weighted by Gasteiger charge is -2.29. The van der Waals surface area contributed by atoms with Gasteiger partial charge >= 0.3 is 5.97 Å². The van der Waals surface area contributed by atoms with E-state index in [-0.39, 0.29) is 18.0 Å². The molecule has 1 heterocycles. The number of carbonyl (C=O) groups excluding carboxylic acids is 1. The van der Waals surface area contributed by atoms with Crippen LogP contribution in [-0.2, 0) is 25.6 Å². The number of esters is 1. The van der Waals surface area contributed by atoms with Crippen molar-refractivity contribution in [3.05, 3.63) is 48.0 Å². The molecule has 0 aliphatic carbocycles. The van der Waals surface area contributed by atoms with Crippen molar-refractivity contribution in [3.63, 3.8) is 0 Å². The highest BCUT2D eigenvalue weighted by molar-refractivity contribution is 5.76. The van der Waals surface area contributed by atoms with Crippen LogP contribution in [0.15, 0.2) is 42.5 Å². The van der Waals surface area contributed by atoms with Crippen molar-refractivity contribution in [2.45, 2.75) is 32.2 Å². The molecule has 21 heavy (non-hydrogen) atoms. The quantitative estimate of drug-likeness (QED) is 0.459. The van der Waals surface area contributed by atoms with Crippen LogP contribution in [0.4, 0.5) is 0 Å². The maximum atomic E-state index is 11.5. The van der Waals surface area contributed by atoms with Gasteiger partial charge in [0, 0.05) is 12.5 Å². The van der Waals surface area contributed by atoms with Crippen molar-refractivity contribution in [2.24, 2.45) is 5.92 Å². The summed E-state index contributed by atoms with van der Waals surface area (Å²) in [7, 11) is 1.37. The van der Waals surface area contributed by atoms with Crippen molar-refractivity contribution in [2.75, 3.05) is 13.7 Å². The van der Waals surface area contributed by atoms with Crippen LogP contribution in [0.25, 0.3) is 0 Å². The largest absolute Gasteiger partial charge is 0.467 e. The Bertz CT molecular complexity index is 469. The van der Waals surface area contributed by atoms with E-state index >= 15 is 0 Å². The van der Waals surface area contributed by atoms with E-state index in [2.05, 4.69) is 6.92 Å². The number of hydrogen-bond acceptors (Lipinski definition) is 4. The number of carbonyl (C=O) groups is 1. The molecule has 0 spiro atoms. The molecule has 0 aromatic heterocycles. The van der Waals surface area contributed by atoms with Gasteiger partial charge in [-0.2, -0.15) is 0 Å². The van der Waals surface area contributed by atoms with E-state index in [1.807, 2.05) is 36.4 Å². The van der Waals surface area contributed by atoms with Crippen molar-refractivity contribution in [1.29, 1.82) is 0 Å². The molecule has 0 bridgehead atoms. The zero-order valence-electron chi connectivity index (χ0n) is 12.5. The number of hydrogen-bond donors (Lipinski definition) is 0. The van der Waals surface area contributed by atoms with Crippen LogP contribution in [0.5, 0.6) is 0 Å². The zero-order valence-corrected chi connectivity index (χ0v) is 12.5. The van der Waals surface area contributed by atoms with Crippen LogP contribution in [0, 0.1) is 5.92 Å². The van der Waals surface area contributed by atoms with Gasteiger partial charge in [0.2, 0.25) is 0 Å². The van der Waals surface area contributed by atoms with Crippen molar-refractivity contribution >= 4 is 5.97 Å². The van der Waals surface area contributed by atoms with E-state index in [0.29, 0.717) is 13.2 Å². The summed E-state index contributed by atoms with van der Waals surface area (Å²) >= 11 is 0. The molecule has 4 heteroatoms. The third kappa shape index (κ3) is 4.69. The van der Waals surface area contributed by atoms with Crippen LogP contribution in [0.2, 0.25) is 0 Å². The molecule has 0 N–H and O–H groups in total. The lowest BCUT2D eigenvalue weighted by molar-refractivity contribution is -0.157. The normalized spacial score (nSPS) is 24.8. The molecule has 4 nitrogen and oxygen atoms in total. The first-order valence-corrected chi connectivity index (χ1v) is 7.24. The first-order valence-electron chi connectivity index (χ1n) is 7.24. The molecule has 0 fully saturated rings. The second-order valence-corrected chi connectivity index (χ2v) is 5.19. The van der Waals surface area contributed by atoms with Crippen molar-refractivity contribution < 1.29 is 19.0 Å². The summed E-state index contributed by atoms with van der Waals surface area (Å²) in [6.07, 6.45) is 3.91. The molecule has 1 aromatic rings. The molecule has 0 saturated carbocycles. The summed E-state index contributed by atoms with van der Waals surface area (Å²) < 4.78 is 16.1. The molecule has 0 amide bonds. The van der Waals surface area contributed by atoms with Crippen LogP contribution in [0.1, 0.15) is 18.9 Å². The molecule has 3 atom stereocenters. The third-order valence-corrected chi connectivity index (χ3v) is 3.59. The second kappa shape index (κ2) is 7.96. The van der Waals surface area contributed by atoms with E-state index in [4.69, 9.17) is 14.2 Å². The SMILES string of the molecule is COC(=O)[C@@H]1C=C[C@@H](C)[C@H](CCOCc2ccccc2)O1. The van der Waals surface area contributed by atoms with Gasteiger partial charge in [-0.25, -0.2) is 4.79 Å². The highest BCUT2D eigenvalue weighted by atomic mass is 16.6. The number of rotatable bonds is 6. The van der Waals surface area contributed by atoms with Gasteiger partial charge in [-0.15, -0.1) is 0 Å². The lowest BCUT2D eigenvalue weighted by atomic mass is 9.98. The predicted octanol–water partition coefficient (Wildman–Crippen LogP) is 2.73. The third-order valence-electron chi connectivity index (χ3n) is 3.59. The van der Waals surface area contributed by atoms with Crippen molar-refractivity contribution in [3.8, 4) is 0 Å². The fourth-order valence-electron chi connectivity index (χ4n) is 2.30. The van der Waals surface area contributed by atoms with Crippen LogP contribution in [0.3, 0.4) is 0 Å². The first-order chi connectivity index (χ1) is 10.2. The van der Waals surface area contributed by atoms with Gasteiger partial charge in [-0.05, 0) is 18.1 Å². The summed E-state index contributed by atoms with van der Waals surface area (Å²) in [5.74, 6) is -0.0837. The molecule has 2 rings (SSSR count). The minimum Gasteiger partial charge on any atom is -0.467 e. The maximum Gasteiger partial charge on any atom is 0.339 e. The first kappa shape index (κ1) is 15.7. The van der Waals surface area contributed by atoms with Crippen LogP contribution < -0.4 is 0 Å². The van der Waals surface area contributed by atoms with Gasteiger partial charge in [0.25, 0.3) is 0 Å². The molecule has 0 radical (unpaired) electrons. The summed E-state index contributed by atoms with van der Waals surface area (Å²) in [5.41, 5.74) is 1.16. The summed E-state index contributed by atoms with van der Waals surface area (Å²) in [6, 6.07) is 10.1. The number of ether oxygens (including phenoxy) is 3. The van der Waals surface area contributed by atoms with E-state index < -0.39 is 6.10 Å². The van der Waals surface area contributed by atoms with Gasteiger partial charge in [-0.3, -0.25) is 0 Å². The lowest BCUT2D eigenvalue weighted by Crippen LogP contribution is -2.36. The van der Waals surface area contributed by atoms with E-state index in [0.717, 1.165) is 12.0 Å². The minimum atomic E-state index is -0.592. The number of benzene rings is 1. The van der Waals surface area contributed by atoms with E-state index in [9.17, 15) is 4.79 Å². The van der Waals surface area contributed by atoms with E-state index in [1.165, 1.54) is 7.11 Å². The molecule has 0 unspecified atom stereocenters. The minimum absolute atomic E-state index is 0.0186. The monoisotopic (exact) mass is 290 g/mol. The van der Waals surface area contributed by atoms with Crippen LogP contribution in [-0.4, -0.2) is 31.9 Å². The smallest absolute Gasteiger partial charge is 0.339 e. The Morgan fingerprint density at radius 3 is 2.71 bits per heavy atom. The highest BCUT2D eigenvalue weighted by Gasteiger charge is 2.28. The Hall–Kier alpha value is -1.65. The second-order valence-electron chi connectivity index (χ2n) is 5.19. The molecule has 1 aromatic carbocycles. The molecule has 1 aliphatic heterocycles. The Labute approximate surface area is 125 Å². The standard InChI is InChI=1S/C17H22O4/c1-13-8-9-16(17(18)19-2)21-15(13)10-11-20-12-14-6-4-3-5-7-14/h3-9,13,15-16H,10-12H2,1-2H3/t13-,15+,16+/m1/s1. The number of methoxy groups -OCH3 is 1. The predicted molar refractivity (Wildman–Crippen MR) is 79.7 cm³/mol. The average molecular weight is 290 g/mol. The molecule has 1 aliphatic rings. The Morgan fingerprint density at radius 2 is 2.00 bits per heavy atom. The summed E-state index contributed by atoms with van der Waals surface area (Å²) in [5, 5.41) is 0. The fraction of sp³-hybridized carbons (Fsp3) is 0.471. The Morgan fingerprint density at radius 1 is 1.24 bits per heavy atom. The molecule has 114 valence electrons. The molecular formula is C17H22O4. The zero-order chi connectivity index (χ0) is 15.1. The van der Waals surface area contributed by atoms with Gasteiger partial charge < -0.3 is 14.2 Å². The van der Waals surface area contributed by atoms with Gasteiger partial charge in [0.15, 0.2) is 6.10 Å². The Kier molecular flexibility index (Phi) is 5.96. The van der Waals surface area contributed by atoms with Crippen molar-refractivity contribution in [1.82, 2.24) is 0 Å². The summed E-state index contributed by atoms with van der Waals surface area (Å²) in [6.45, 7) is 3.27. The van der Waals surface area contributed by atoms with Gasteiger partial charge in [-0.1, -0.05) is 43.3 Å². The summed E-state index contributed by atoms with van der Waals surface area (Å²) in [4.78, 5) is 11.5. The topological polar surface area (TPSA) is 44.8 Å². The molecular weight excluding hydrogens is 268 g/mol. The van der Waals surface area contributed by atoms with E-state index in [1.54, 1.807) is 6.08 Å². The molecule has 0 saturated heterocycles. The average Bonchev–Trinajstić information content (AvgIpc) is 2.53. The van der Waals surface area contributed by atoms with Gasteiger partial charge in [0.1, 0.15) is 0 Å². The maximum absolute atomic E-state index is 11.5. The fourth-order valence-corrected chi connectivity index (χ4v) is 2.30. The van der Waals surface area contributed by atoms with Crippen LogP contribution >= 0.6 is 0 Å². The highest BCUT2D eigenvalue weighted by Crippen LogP contribution is 2.22. The van der Waals surface area contributed by atoms with Gasteiger partial charge in [0.05, 0.1) is 19.8 Å².